The van der Waals surface area contributed by atoms with E-state index in [2.05, 4.69) is 15.5 Å². The normalized spacial score (nSPS) is 12.1. The topological polar surface area (TPSA) is 107 Å². The molecule has 0 atom stereocenters. The van der Waals surface area contributed by atoms with E-state index in [1.807, 2.05) is 74.0 Å². The van der Waals surface area contributed by atoms with Crippen LogP contribution < -0.4 is 5.32 Å². The molecule has 0 aliphatic carbocycles. The number of aromatic nitrogens is 3. The summed E-state index contributed by atoms with van der Waals surface area (Å²) in [5.74, 6) is 0.952. The minimum absolute atomic E-state index is 0.168. The maximum atomic E-state index is 12.5. The van der Waals surface area contributed by atoms with Gasteiger partial charge in [-0.1, -0.05) is 62.3 Å². The lowest BCUT2D eigenvalue weighted by atomic mass is 9.93. The van der Waals surface area contributed by atoms with E-state index in [4.69, 9.17) is 4.52 Å². The Bertz CT molecular complexity index is 1730. The van der Waals surface area contributed by atoms with Crippen LogP contribution in [0, 0.1) is 0 Å². The first-order valence-corrected chi connectivity index (χ1v) is 14.0. The number of hydrogen-bond acceptors (Lipinski definition) is 6. The molecule has 3 aromatic heterocycles. The van der Waals surface area contributed by atoms with Crippen molar-refractivity contribution < 1.29 is 17.7 Å². The van der Waals surface area contributed by atoms with E-state index in [-0.39, 0.29) is 17.7 Å². The third kappa shape index (κ3) is 5.38. The van der Waals surface area contributed by atoms with Gasteiger partial charge in [0.1, 0.15) is 11.4 Å². The van der Waals surface area contributed by atoms with Gasteiger partial charge in [-0.05, 0) is 41.0 Å². The highest BCUT2D eigenvalue weighted by atomic mass is 32.2. The van der Waals surface area contributed by atoms with Crippen molar-refractivity contribution in [3.05, 3.63) is 90.4 Å². The number of anilines is 1. The lowest BCUT2D eigenvalue weighted by molar-refractivity contribution is -0.115. The Morgan fingerprint density at radius 1 is 0.947 bits per heavy atom. The van der Waals surface area contributed by atoms with Crippen LogP contribution in [0.2, 0.25) is 0 Å². The molecule has 3 heterocycles. The van der Waals surface area contributed by atoms with Gasteiger partial charge in [0.05, 0.1) is 23.2 Å². The summed E-state index contributed by atoms with van der Waals surface area (Å²) in [5, 5.41) is 6.73. The Labute approximate surface area is 221 Å². The van der Waals surface area contributed by atoms with Crippen molar-refractivity contribution in [2.75, 3.05) is 11.6 Å². The number of fused-ring (bicyclic) bond motifs is 1. The van der Waals surface area contributed by atoms with Crippen LogP contribution in [0.3, 0.4) is 0 Å². The molecule has 0 fully saturated rings. The largest absolute Gasteiger partial charge is 0.359 e. The van der Waals surface area contributed by atoms with Crippen LogP contribution in [0.15, 0.2) is 88.5 Å². The Morgan fingerprint density at radius 3 is 2.26 bits per heavy atom. The molecule has 0 unspecified atom stereocenters. The number of hydrogen-bond donors (Lipinski definition) is 1. The summed E-state index contributed by atoms with van der Waals surface area (Å²) in [5.41, 5.74) is 5.21. The molecule has 0 aliphatic heterocycles. The number of pyridine rings is 1. The molecule has 0 saturated heterocycles. The van der Waals surface area contributed by atoms with E-state index in [1.165, 1.54) is 6.26 Å². The number of amides is 1. The van der Waals surface area contributed by atoms with E-state index in [1.54, 1.807) is 30.3 Å². The van der Waals surface area contributed by atoms with Crippen LogP contribution in [0.5, 0.6) is 0 Å². The van der Waals surface area contributed by atoms with Gasteiger partial charge in [0.2, 0.25) is 5.91 Å². The molecular formula is C29H28N4O4S. The Morgan fingerprint density at radius 2 is 1.63 bits per heavy atom. The van der Waals surface area contributed by atoms with Crippen LogP contribution in [0.25, 0.3) is 28.0 Å². The van der Waals surface area contributed by atoms with E-state index < -0.39 is 9.84 Å². The molecule has 38 heavy (non-hydrogen) atoms. The van der Waals surface area contributed by atoms with Gasteiger partial charge in [0.25, 0.3) is 0 Å². The third-order valence-corrected chi connectivity index (χ3v) is 7.39. The van der Waals surface area contributed by atoms with Crippen LogP contribution in [0.4, 0.5) is 5.82 Å². The molecule has 2 aromatic carbocycles. The lowest BCUT2D eigenvalue weighted by Gasteiger charge is -2.12. The Hall–Kier alpha value is -4.24. The van der Waals surface area contributed by atoms with Gasteiger partial charge in [-0.3, -0.25) is 9.20 Å². The molecule has 5 aromatic rings. The van der Waals surface area contributed by atoms with Gasteiger partial charge in [-0.25, -0.2) is 13.4 Å². The van der Waals surface area contributed by atoms with Crippen LogP contribution in [0.1, 0.15) is 32.1 Å². The van der Waals surface area contributed by atoms with Gasteiger partial charge >= 0.3 is 0 Å². The summed E-state index contributed by atoms with van der Waals surface area (Å²) in [4.78, 5) is 17.4. The number of carbonyl (C=O) groups excluding carboxylic acids is 1. The number of benzene rings is 2. The summed E-state index contributed by atoms with van der Waals surface area (Å²) in [6.45, 7) is 6.06. The minimum atomic E-state index is -3.24. The zero-order chi connectivity index (χ0) is 27.1. The number of nitrogens with one attached hydrogen (secondary N) is 1. The first-order chi connectivity index (χ1) is 18.0. The molecule has 1 N–H and O–H groups in total. The lowest BCUT2D eigenvalue weighted by Crippen LogP contribution is -2.14. The first-order valence-electron chi connectivity index (χ1n) is 12.1. The molecule has 0 spiro atoms. The fraction of sp³-hybridized carbons (Fsp3) is 0.207. The molecular weight excluding hydrogens is 500 g/mol. The number of rotatable bonds is 6. The zero-order valence-electron chi connectivity index (χ0n) is 21.6. The average molecular weight is 529 g/mol. The van der Waals surface area contributed by atoms with Gasteiger partial charge < -0.3 is 9.84 Å². The fourth-order valence-electron chi connectivity index (χ4n) is 4.12. The van der Waals surface area contributed by atoms with Crippen molar-refractivity contribution >= 4 is 27.2 Å². The van der Waals surface area contributed by atoms with Gasteiger partial charge in [-0.15, -0.1) is 0 Å². The van der Waals surface area contributed by atoms with Gasteiger partial charge in [0, 0.05) is 29.5 Å². The maximum absolute atomic E-state index is 12.5. The number of sulfone groups is 1. The van der Waals surface area contributed by atoms with Crippen molar-refractivity contribution in [3.63, 3.8) is 0 Å². The number of imidazole rings is 1. The minimum Gasteiger partial charge on any atom is -0.359 e. The first kappa shape index (κ1) is 25.4. The maximum Gasteiger partial charge on any atom is 0.230 e. The SMILES string of the molecule is CC(C)(C)c1cc(NC(=O)Cc2ccc(-c3cnc4cc(-c5ccc(S(C)(=O)=O)cc5)ccn34)cc2)no1. The summed E-state index contributed by atoms with van der Waals surface area (Å²) in [7, 11) is -3.24. The van der Waals surface area contributed by atoms with Crippen molar-refractivity contribution in [3.8, 4) is 22.4 Å². The van der Waals surface area contributed by atoms with Crippen LogP contribution in [-0.4, -0.2) is 35.1 Å². The Balaban J connectivity index is 1.29. The van der Waals surface area contributed by atoms with E-state index >= 15 is 0 Å². The van der Waals surface area contributed by atoms with Gasteiger partial charge in [-0.2, -0.15) is 0 Å². The summed E-state index contributed by atoms with van der Waals surface area (Å²) >= 11 is 0. The average Bonchev–Trinajstić information content (AvgIpc) is 3.51. The predicted molar refractivity (Wildman–Crippen MR) is 147 cm³/mol. The molecule has 9 heteroatoms. The molecule has 0 radical (unpaired) electrons. The standard InChI is InChI=1S/C29H28N4O4S/c1-29(2,3)25-17-26(32-37-25)31-28(34)15-19-5-7-21(8-6-19)24-18-30-27-16-22(13-14-33(24)27)20-9-11-23(12-10-20)38(4,35)36/h5-14,16-18H,15H2,1-4H3,(H,31,32,34). The highest BCUT2D eigenvalue weighted by Crippen LogP contribution is 2.27. The molecule has 8 nitrogen and oxygen atoms in total. The fourth-order valence-corrected chi connectivity index (χ4v) is 4.75. The summed E-state index contributed by atoms with van der Waals surface area (Å²) in [6, 6.07) is 20.3. The van der Waals surface area contributed by atoms with E-state index in [0.29, 0.717) is 16.5 Å². The molecule has 0 bridgehead atoms. The monoisotopic (exact) mass is 528 g/mol. The van der Waals surface area contributed by atoms with Crippen molar-refractivity contribution in [2.45, 2.75) is 37.5 Å². The van der Waals surface area contributed by atoms with E-state index in [9.17, 15) is 13.2 Å². The second-order valence-corrected chi connectivity index (χ2v) is 12.3. The molecule has 0 aliphatic rings. The predicted octanol–water partition coefficient (Wildman–Crippen LogP) is 5.54. The summed E-state index contributed by atoms with van der Waals surface area (Å²) in [6.07, 6.45) is 5.17. The van der Waals surface area contributed by atoms with Crippen LogP contribution >= 0.6 is 0 Å². The zero-order valence-corrected chi connectivity index (χ0v) is 22.4. The van der Waals surface area contributed by atoms with Crippen molar-refractivity contribution in [2.24, 2.45) is 0 Å². The van der Waals surface area contributed by atoms with Crippen molar-refractivity contribution in [1.82, 2.24) is 14.5 Å². The van der Waals surface area contributed by atoms with Crippen molar-refractivity contribution in [1.29, 1.82) is 0 Å². The smallest absolute Gasteiger partial charge is 0.230 e. The molecule has 0 saturated carbocycles. The van der Waals surface area contributed by atoms with E-state index in [0.717, 1.165) is 33.6 Å². The highest BCUT2D eigenvalue weighted by molar-refractivity contribution is 7.90. The number of nitrogens with zero attached hydrogens (tertiary/aromatic N) is 3. The molecule has 1 amide bonds. The van der Waals surface area contributed by atoms with Crippen LogP contribution in [-0.2, 0) is 26.5 Å². The second kappa shape index (κ2) is 9.57. The van der Waals surface area contributed by atoms with Gasteiger partial charge in [0.15, 0.2) is 15.7 Å². The molecule has 5 rings (SSSR count). The summed E-state index contributed by atoms with van der Waals surface area (Å²) < 4.78 is 30.8. The Kier molecular flexibility index (Phi) is 6.40. The second-order valence-electron chi connectivity index (χ2n) is 10.3. The number of carbonyl (C=O) groups is 1. The highest BCUT2D eigenvalue weighted by Gasteiger charge is 2.20. The molecule has 194 valence electrons. The third-order valence-electron chi connectivity index (χ3n) is 6.26. The quantitative estimate of drug-likeness (QED) is 0.310.